The van der Waals surface area contributed by atoms with Crippen molar-refractivity contribution < 1.29 is 4.79 Å². The highest BCUT2D eigenvalue weighted by Gasteiger charge is 2.20. The Hall–Kier alpha value is -2.51. The van der Waals surface area contributed by atoms with E-state index in [1.807, 2.05) is 36.4 Å². The molecule has 3 heteroatoms. The Labute approximate surface area is 98.8 Å². The van der Waals surface area contributed by atoms with Crippen molar-refractivity contribution >= 4 is 23.5 Å². The standard InChI is InChI=1S/C14H8N2O/c17-14(10-4-2-1-3-5-10)11-6-7-12-13(8-11)16-9-15-12/h1-8H/p+1. The minimum absolute atomic E-state index is 0.00972. The minimum Gasteiger partial charge on any atom is -0.289 e. The third-order valence-corrected chi connectivity index (χ3v) is 2.66. The molecule has 1 aliphatic rings. The van der Waals surface area contributed by atoms with Crippen molar-refractivity contribution in [3.05, 3.63) is 59.7 Å². The summed E-state index contributed by atoms with van der Waals surface area (Å²) in [6.07, 6.45) is 2.66. The summed E-state index contributed by atoms with van der Waals surface area (Å²) in [4.78, 5) is 16.2. The number of carbonyl (C=O) groups is 1. The summed E-state index contributed by atoms with van der Waals surface area (Å²) in [5.74, 6) is 0.00972. The van der Waals surface area contributed by atoms with E-state index >= 15 is 0 Å². The summed E-state index contributed by atoms with van der Waals surface area (Å²) >= 11 is 0. The Morgan fingerprint density at radius 1 is 1.06 bits per heavy atom. The number of hydrogen-bond donors (Lipinski definition) is 1. The lowest BCUT2D eigenvalue weighted by atomic mass is 10.0. The summed E-state index contributed by atoms with van der Waals surface area (Å²) in [6.45, 7) is 0. The molecule has 0 unspecified atom stereocenters. The van der Waals surface area contributed by atoms with Gasteiger partial charge in [0.15, 0.2) is 5.78 Å². The molecule has 0 spiro atoms. The molecule has 0 radical (unpaired) electrons. The van der Waals surface area contributed by atoms with Crippen molar-refractivity contribution in [1.82, 2.24) is 0 Å². The lowest BCUT2D eigenvalue weighted by molar-refractivity contribution is 0.103. The Morgan fingerprint density at radius 2 is 1.88 bits per heavy atom. The fourth-order valence-electron chi connectivity index (χ4n) is 1.78. The second-order valence-corrected chi connectivity index (χ2v) is 3.78. The van der Waals surface area contributed by atoms with E-state index < -0.39 is 0 Å². The zero-order chi connectivity index (χ0) is 11.7. The van der Waals surface area contributed by atoms with Gasteiger partial charge >= 0.3 is 0 Å². The number of anilines is 1. The number of benzene rings is 2. The van der Waals surface area contributed by atoms with E-state index in [0.717, 1.165) is 11.4 Å². The lowest BCUT2D eigenvalue weighted by Gasteiger charge is -1.99. The molecule has 1 aliphatic heterocycles. The second-order valence-electron chi connectivity index (χ2n) is 3.78. The SMILES string of the molecule is O=C(c1ccccc1)c1ccc2c(c1)N=[C+]N2. The highest BCUT2D eigenvalue weighted by molar-refractivity contribution is 6.10. The minimum atomic E-state index is 0.00972. The summed E-state index contributed by atoms with van der Waals surface area (Å²) in [5.41, 5.74) is 2.97. The van der Waals surface area contributed by atoms with E-state index in [4.69, 9.17) is 0 Å². The van der Waals surface area contributed by atoms with E-state index in [1.165, 1.54) is 0 Å². The topological polar surface area (TPSA) is 41.5 Å². The smallest absolute Gasteiger partial charge is 0.254 e. The predicted octanol–water partition coefficient (Wildman–Crippen LogP) is 2.88. The Bertz CT molecular complexity index is 603. The van der Waals surface area contributed by atoms with Crippen molar-refractivity contribution in [2.75, 3.05) is 5.32 Å². The van der Waals surface area contributed by atoms with Crippen molar-refractivity contribution in [2.24, 2.45) is 4.99 Å². The van der Waals surface area contributed by atoms with Crippen molar-refractivity contribution in [3.8, 4) is 0 Å². The van der Waals surface area contributed by atoms with E-state index in [0.29, 0.717) is 11.1 Å². The van der Waals surface area contributed by atoms with Crippen LogP contribution in [-0.4, -0.2) is 12.1 Å². The zero-order valence-electron chi connectivity index (χ0n) is 8.97. The number of aliphatic imine (C=N–C) groups is 1. The number of fused-ring (bicyclic) bond motifs is 1. The van der Waals surface area contributed by atoms with Gasteiger partial charge in [0.05, 0.1) is 0 Å². The molecule has 3 nitrogen and oxygen atoms in total. The van der Waals surface area contributed by atoms with Crippen LogP contribution in [0, 0.1) is 0 Å². The molecule has 3 rings (SSSR count). The highest BCUT2D eigenvalue weighted by atomic mass is 16.1. The van der Waals surface area contributed by atoms with Crippen LogP contribution in [-0.2, 0) is 0 Å². The van der Waals surface area contributed by atoms with Crippen LogP contribution in [0.2, 0.25) is 0 Å². The fraction of sp³-hybridized carbons (Fsp3) is 0. The molecule has 17 heavy (non-hydrogen) atoms. The summed E-state index contributed by atoms with van der Waals surface area (Å²) in [5, 5.41) is 2.88. The molecule has 1 heterocycles. The van der Waals surface area contributed by atoms with Crippen LogP contribution in [0.3, 0.4) is 0 Å². The molecule has 0 atom stereocenters. The molecule has 0 saturated carbocycles. The first-order valence-corrected chi connectivity index (χ1v) is 5.30. The van der Waals surface area contributed by atoms with Crippen LogP contribution < -0.4 is 5.32 Å². The first kappa shape index (κ1) is 9.70. The van der Waals surface area contributed by atoms with Gasteiger partial charge in [-0.3, -0.25) is 4.79 Å². The van der Waals surface area contributed by atoms with E-state index in [9.17, 15) is 4.79 Å². The van der Waals surface area contributed by atoms with Gasteiger partial charge in [-0.1, -0.05) is 30.3 Å². The Balaban J connectivity index is 2.00. The number of rotatable bonds is 2. The van der Waals surface area contributed by atoms with Crippen LogP contribution in [0.15, 0.2) is 53.5 Å². The van der Waals surface area contributed by atoms with E-state index in [2.05, 4.69) is 16.6 Å². The van der Waals surface area contributed by atoms with Gasteiger partial charge in [-0.05, 0) is 11.1 Å². The molecule has 0 aromatic heterocycles. The Morgan fingerprint density at radius 3 is 2.71 bits per heavy atom. The van der Waals surface area contributed by atoms with Gasteiger partial charge in [0.25, 0.3) is 6.34 Å². The quantitative estimate of drug-likeness (QED) is 0.625. The molecule has 2 aromatic rings. The fourth-order valence-corrected chi connectivity index (χ4v) is 1.78. The van der Waals surface area contributed by atoms with Crippen LogP contribution >= 0.6 is 0 Å². The maximum atomic E-state index is 12.2. The lowest BCUT2D eigenvalue weighted by Crippen LogP contribution is -2.00. The van der Waals surface area contributed by atoms with Crippen molar-refractivity contribution in [2.45, 2.75) is 0 Å². The molecular formula is C14H9N2O+. The van der Waals surface area contributed by atoms with E-state index in [1.54, 1.807) is 12.1 Å². The summed E-state index contributed by atoms with van der Waals surface area (Å²) in [6, 6.07) is 14.6. The number of nitrogens with zero attached hydrogens (tertiary/aromatic N) is 1. The van der Waals surface area contributed by atoms with Crippen molar-refractivity contribution in [1.29, 1.82) is 0 Å². The first-order chi connectivity index (χ1) is 8.34. The van der Waals surface area contributed by atoms with Gasteiger partial charge in [0.2, 0.25) is 11.4 Å². The van der Waals surface area contributed by atoms with Crippen LogP contribution in [0.25, 0.3) is 0 Å². The third kappa shape index (κ3) is 1.69. The molecule has 2 aromatic carbocycles. The second kappa shape index (κ2) is 3.81. The molecule has 1 N–H and O–H groups in total. The number of hydrogen-bond acceptors (Lipinski definition) is 3. The van der Waals surface area contributed by atoms with Gasteiger partial charge in [-0.15, -0.1) is 0 Å². The summed E-state index contributed by atoms with van der Waals surface area (Å²) in [7, 11) is 0. The normalized spacial score (nSPS) is 11.5. The molecule has 0 bridgehead atoms. The molecule has 0 amide bonds. The maximum absolute atomic E-state index is 12.2. The van der Waals surface area contributed by atoms with Gasteiger partial charge in [0, 0.05) is 23.3 Å². The van der Waals surface area contributed by atoms with Crippen LogP contribution in [0.4, 0.5) is 11.4 Å². The number of nitrogens with one attached hydrogen (secondary N) is 1. The largest absolute Gasteiger partial charge is 0.289 e. The molecule has 0 aliphatic carbocycles. The number of carbonyl (C=O) groups excluding carboxylic acids is 1. The van der Waals surface area contributed by atoms with Crippen LogP contribution in [0.1, 0.15) is 15.9 Å². The van der Waals surface area contributed by atoms with Gasteiger partial charge in [-0.2, -0.15) is 5.32 Å². The van der Waals surface area contributed by atoms with E-state index in [-0.39, 0.29) is 5.78 Å². The highest BCUT2D eigenvalue weighted by Crippen LogP contribution is 2.29. The molecule has 0 fully saturated rings. The van der Waals surface area contributed by atoms with Crippen LogP contribution in [0.5, 0.6) is 0 Å². The Kier molecular flexibility index (Phi) is 2.18. The van der Waals surface area contributed by atoms with Crippen molar-refractivity contribution in [3.63, 3.8) is 0 Å². The monoisotopic (exact) mass is 221 g/mol. The number of ketones is 1. The predicted molar refractivity (Wildman–Crippen MR) is 67.0 cm³/mol. The summed E-state index contributed by atoms with van der Waals surface area (Å²) < 4.78 is 0. The maximum Gasteiger partial charge on any atom is 0.254 e. The molecular weight excluding hydrogens is 212 g/mol. The van der Waals surface area contributed by atoms with Gasteiger partial charge in [0.1, 0.15) is 0 Å². The van der Waals surface area contributed by atoms with Gasteiger partial charge in [-0.25, -0.2) is 0 Å². The third-order valence-electron chi connectivity index (χ3n) is 2.66. The molecule has 0 saturated heterocycles. The average Bonchev–Trinajstić information content (AvgIpc) is 2.86. The molecule has 80 valence electrons. The average molecular weight is 221 g/mol. The van der Waals surface area contributed by atoms with Gasteiger partial charge < -0.3 is 0 Å². The first-order valence-electron chi connectivity index (χ1n) is 5.30. The zero-order valence-corrected chi connectivity index (χ0v) is 8.97.